The number of para-hydroxylation sites is 1. The van der Waals surface area contributed by atoms with Gasteiger partial charge in [0.15, 0.2) is 0 Å². The number of nitrogens with zero attached hydrogens (tertiary/aromatic N) is 2. The maximum Gasteiger partial charge on any atom is 0.229 e. The van der Waals surface area contributed by atoms with Gasteiger partial charge in [-0.2, -0.15) is 4.98 Å². The first-order valence-electron chi connectivity index (χ1n) is 6.27. The van der Waals surface area contributed by atoms with Crippen LogP contribution in [0.1, 0.15) is 19.8 Å². The quantitative estimate of drug-likeness (QED) is 0.762. The number of benzene rings is 1. The minimum absolute atomic E-state index is 0.614. The van der Waals surface area contributed by atoms with Crippen LogP contribution in [0.5, 0.6) is 0 Å². The zero-order valence-electron chi connectivity index (χ0n) is 10.6. The summed E-state index contributed by atoms with van der Waals surface area (Å²) in [5.74, 6) is 1.47. The monoisotopic (exact) mass is 242 g/mol. The minimum atomic E-state index is 0.614. The maximum absolute atomic E-state index is 4.41. The van der Waals surface area contributed by atoms with Gasteiger partial charge in [-0.25, -0.2) is 4.98 Å². The van der Waals surface area contributed by atoms with E-state index in [1.165, 1.54) is 6.42 Å². The molecule has 2 aromatic rings. The van der Waals surface area contributed by atoms with Crippen molar-refractivity contribution in [3.05, 3.63) is 42.6 Å². The average Bonchev–Trinajstić information content (AvgIpc) is 2.41. The van der Waals surface area contributed by atoms with Crippen molar-refractivity contribution in [2.24, 2.45) is 0 Å². The predicted molar refractivity (Wildman–Crippen MR) is 75.2 cm³/mol. The largest absolute Gasteiger partial charge is 0.370 e. The standard InChI is InChI=1S/C14H18N4/c1-2-3-10-15-13-9-11-16-14(18-13)17-12-7-5-4-6-8-12/h4-9,11H,2-3,10H2,1H3,(H2,15,16,17,18). The Morgan fingerprint density at radius 2 is 1.94 bits per heavy atom. The molecule has 0 aliphatic rings. The molecule has 0 atom stereocenters. The van der Waals surface area contributed by atoms with Crippen LogP contribution in [-0.4, -0.2) is 16.5 Å². The Hall–Kier alpha value is -2.10. The van der Waals surface area contributed by atoms with Gasteiger partial charge in [0.25, 0.3) is 0 Å². The number of nitrogens with one attached hydrogen (secondary N) is 2. The highest BCUT2D eigenvalue weighted by atomic mass is 15.1. The lowest BCUT2D eigenvalue weighted by Crippen LogP contribution is -2.05. The zero-order chi connectivity index (χ0) is 12.6. The summed E-state index contributed by atoms with van der Waals surface area (Å²) in [5, 5.41) is 6.45. The van der Waals surface area contributed by atoms with Crippen LogP contribution in [0.3, 0.4) is 0 Å². The van der Waals surface area contributed by atoms with Gasteiger partial charge in [-0.05, 0) is 24.6 Å². The molecule has 0 unspecified atom stereocenters. The average molecular weight is 242 g/mol. The van der Waals surface area contributed by atoms with E-state index in [1.54, 1.807) is 6.20 Å². The summed E-state index contributed by atoms with van der Waals surface area (Å²) in [6.07, 6.45) is 4.07. The van der Waals surface area contributed by atoms with Gasteiger partial charge in [-0.15, -0.1) is 0 Å². The highest BCUT2D eigenvalue weighted by Crippen LogP contribution is 2.13. The Bertz CT molecular complexity index is 470. The van der Waals surface area contributed by atoms with Gasteiger partial charge in [0.2, 0.25) is 5.95 Å². The zero-order valence-corrected chi connectivity index (χ0v) is 10.6. The number of hydrogen-bond acceptors (Lipinski definition) is 4. The topological polar surface area (TPSA) is 49.8 Å². The second-order valence-electron chi connectivity index (χ2n) is 4.04. The molecule has 2 N–H and O–H groups in total. The Morgan fingerprint density at radius 3 is 2.72 bits per heavy atom. The first-order valence-corrected chi connectivity index (χ1v) is 6.27. The summed E-state index contributed by atoms with van der Waals surface area (Å²) in [5.41, 5.74) is 0.989. The van der Waals surface area contributed by atoms with Crippen molar-refractivity contribution in [3.63, 3.8) is 0 Å². The van der Waals surface area contributed by atoms with E-state index < -0.39 is 0 Å². The van der Waals surface area contributed by atoms with Crippen LogP contribution in [0, 0.1) is 0 Å². The number of unbranched alkanes of at least 4 members (excludes halogenated alkanes) is 1. The number of rotatable bonds is 6. The molecule has 4 heteroatoms. The minimum Gasteiger partial charge on any atom is -0.370 e. The molecule has 2 rings (SSSR count). The first-order chi connectivity index (χ1) is 8.88. The van der Waals surface area contributed by atoms with E-state index in [9.17, 15) is 0 Å². The molecule has 0 bridgehead atoms. The molecule has 4 nitrogen and oxygen atoms in total. The van der Waals surface area contributed by atoms with E-state index in [2.05, 4.69) is 27.5 Å². The molecule has 0 aliphatic carbocycles. The van der Waals surface area contributed by atoms with Gasteiger partial charge in [-0.1, -0.05) is 31.5 Å². The lowest BCUT2D eigenvalue weighted by Gasteiger charge is -2.07. The molecule has 0 aliphatic heterocycles. The second-order valence-corrected chi connectivity index (χ2v) is 4.04. The number of anilines is 3. The van der Waals surface area contributed by atoms with Gasteiger partial charge in [0.1, 0.15) is 5.82 Å². The third-order valence-electron chi connectivity index (χ3n) is 2.52. The lowest BCUT2D eigenvalue weighted by molar-refractivity contribution is 0.830. The Kier molecular flexibility index (Phi) is 4.53. The fourth-order valence-corrected chi connectivity index (χ4v) is 1.56. The number of hydrogen-bond donors (Lipinski definition) is 2. The second kappa shape index (κ2) is 6.59. The van der Waals surface area contributed by atoms with Crippen LogP contribution in [-0.2, 0) is 0 Å². The summed E-state index contributed by atoms with van der Waals surface area (Å²) < 4.78 is 0. The van der Waals surface area contributed by atoms with Crippen molar-refractivity contribution >= 4 is 17.5 Å². The predicted octanol–water partition coefficient (Wildman–Crippen LogP) is 3.43. The van der Waals surface area contributed by atoms with E-state index in [0.29, 0.717) is 5.95 Å². The van der Waals surface area contributed by atoms with Crippen molar-refractivity contribution in [2.45, 2.75) is 19.8 Å². The Morgan fingerprint density at radius 1 is 1.11 bits per heavy atom. The first kappa shape index (κ1) is 12.4. The Balaban J connectivity index is 1.99. The van der Waals surface area contributed by atoms with Gasteiger partial charge in [0.05, 0.1) is 0 Å². The van der Waals surface area contributed by atoms with Crippen molar-refractivity contribution in [1.82, 2.24) is 9.97 Å². The molecule has 0 fully saturated rings. The highest BCUT2D eigenvalue weighted by Gasteiger charge is 1.99. The highest BCUT2D eigenvalue weighted by molar-refractivity contribution is 5.54. The van der Waals surface area contributed by atoms with Crippen LogP contribution in [0.25, 0.3) is 0 Å². The van der Waals surface area contributed by atoms with Crippen LogP contribution < -0.4 is 10.6 Å². The van der Waals surface area contributed by atoms with Gasteiger partial charge < -0.3 is 10.6 Å². The lowest BCUT2D eigenvalue weighted by atomic mass is 10.3. The SMILES string of the molecule is CCCCNc1ccnc(Nc2ccccc2)n1. The summed E-state index contributed by atoms with van der Waals surface area (Å²) in [7, 11) is 0. The van der Waals surface area contributed by atoms with E-state index in [0.717, 1.165) is 24.5 Å². The molecule has 1 aromatic heterocycles. The summed E-state index contributed by atoms with van der Waals surface area (Å²) >= 11 is 0. The molecule has 0 saturated heterocycles. The van der Waals surface area contributed by atoms with Gasteiger partial charge in [0, 0.05) is 18.4 Å². The maximum atomic E-state index is 4.41. The molecule has 0 amide bonds. The van der Waals surface area contributed by atoms with Crippen molar-refractivity contribution < 1.29 is 0 Å². The molecule has 94 valence electrons. The normalized spacial score (nSPS) is 10.1. The molecule has 18 heavy (non-hydrogen) atoms. The fourth-order valence-electron chi connectivity index (χ4n) is 1.56. The summed E-state index contributed by atoms with van der Waals surface area (Å²) in [6.45, 7) is 3.11. The fraction of sp³-hybridized carbons (Fsp3) is 0.286. The van der Waals surface area contributed by atoms with Crippen molar-refractivity contribution in [1.29, 1.82) is 0 Å². The van der Waals surface area contributed by atoms with Crippen molar-refractivity contribution in [2.75, 3.05) is 17.2 Å². The van der Waals surface area contributed by atoms with Crippen LogP contribution in [0.15, 0.2) is 42.6 Å². The molecule has 0 saturated carbocycles. The summed E-state index contributed by atoms with van der Waals surface area (Å²) in [4.78, 5) is 8.61. The third-order valence-corrected chi connectivity index (χ3v) is 2.52. The van der Waals surface area contributed by atoms with Gasteiger partial charge in [-0.3, -0.25) is 0 Å². The van der Waals surface area contributed by atoms with Crippen LogP contribution >= 0.6 is 0 Å². The Labute approximate surface area is 107 Å². The van der Waals surface area contributed by atoms with E-state index >= 15 is 0 Å². The summed E-state index contributed by atoms with van der Waals surface area (Å²) in [6, 6.07) is 11.8. The van der Waals surface area contributed by atoms with E-state index in [-0.39, 0.29) is 0 Å². The molecule has 0 spiro atoms. The molecular weight excluding hydrogens is 224 g/mol. The van der Waals surface area contributed by atoms with Crippen LogP contribution in [0.4, 0.5) is 17.5 Å². The molecule has 0 radical (unpaired) electrons. The van der Waals surface area contributed by atoms with E-state index in [4.69, 9.17) is 0 Å². The third kappa shape index (κ3) is 3.73. The van der Waals surface area contributed by atoms with Crippen LogP contribution in [0.2, 0.25) is 0 Å². The molecule has 1 aromatic carbocycles. The molecular formula is C14H18N4. The van der Waals surface area contributed by atoms with Gasteiger partial charge >= 0.3 is 0 Å². The number of aromatic nitrogens is 2. The molecule has 1 heterocycles. The smallest absolute Gasteiger partial charge is 0.229 e. The van der Waals surface area contributed by atoms with E-state index in [1.807, 2.05) is 36.4 Å². The van der Waals surface area contributed by atoms with Crippen molar-refractivity contribution in [3.8, 4) is 0 Å².